The maximum atomic E-state index is 13.9. The number of fused-ring (bicyclic) bond motifs is 5. The largest absolute Gasteiger partial charge is 0.320 e. The molecule has 3 aromatic rings. The van der Waals surface area contributed by atoms with Crippen molar-refractivity contribution in [2.45, 2.75) is 88.4 Å². The molecule has 2 saturated heterocycles. The van der Waals surface area contributed by atoms with Crippen LogP contribution >= 0.6 is 0 Å². The summed E-state index contributed by atoms with van der Waals surface area (Å²) < 4.78 is 2.02. The Morgan fingerprint density at radius 1 is 0.743 bits per heavy atom. The molecule has 0 amide bonds. The predicted octanol–water partition coefficient (Wildman–Crippen LogP) is 4.89. The molecule has 7 rings (SSSR count). The Morgan fingerprint density at radius 2 is 1.49 bits per heavy atom. The molecule has 1 N–H and O–H groups in total. The van der Waals surface area contributed by atoms with Crippen molar-refractivity contribution >= 4 is 11.0 Å². The molecule has 0 spiro atoms. The zero-order valence-corrected chi connectivity index (χ0v) is 20.2. The van der Waals surface area contributed by atoms with Gasteiger partial charge in [-0.15, -0.1) is 0 Å². The van der Waals surface area contributed by atoms with E-state index in [9.17, 15) is 9.59 Å². The number of aromatic nitrogens is 3. The molecular weight excluding hydrogens is 436 g/mol. The van der Waals surface area contributed by atoms with Crippen LogP contribution in [0.2, 0.25) is 0 Å². The normalized spacial score (nSPS) is 32.7. The van der Waals surface area contributed by atoms with Gasteiger partial charge in [-0.05, 0) is 75.0 Å². The molecule has 182 valence electrons. The Balaban J connectivity index is 1.25. The highest BCUT2D eigenvalue weighted by molar-refractivity contribution is 5.77. The molecule has 4 aliphatic rings. The number of benzene rings is 1. The molecule has 4 bridgehead atoms. The van der Waals surface area contributed by atoms with Crippen molar-refractivity contribution in [2.75, 3.05) is 0 Å². The van der Waals surface area contributed by atoms with Gasteiger partial charge in [0.05, 0.1) is 16.7 Å². The second kappa shape index (κ2) is 8.44. The number of rotatable bonds is 3. The van der Waals surface area contributed by atoms with Crippen LogP contribution in [0.1, 0.15) is 70.3 Å². The minimum absolute atomic E-state index is 0.0874. The summed E-state index contributed by atoms with van der Waals surface area (Å²) in [6, 6.07) is 14.9. The quantitative estimate of drug-likeness (QED) is 0.592. The summed E-state index contributed by atoms with van der Waals surface area (Å²) in [7, 11) is 0. The van der Waals surface area contributed by atoms with E-state index in [1.165, 1.54) is 57.4 Å². The van der Waals surface area contributed by atoms with Crippen molar-refractivity contribution in [1.29, 1.82) is 0 Å². The SMILES string of the molecule is O=c1cccc(-c2nc3ccccc3n([C@@H]3C[C@H]4CC[C@@H](C3)N4C3C[C@H]4CCC[C@@H](C3)C4)c2=O)[nH]1. The summed E-state index contributed by atoms with van der Waals surface area (Å²) in [5.74, 6) is 1.87. The summed E-state index contributed by atoms with van der Waals surface area (Å²) in [6.45, 7) is 0. The maximum Gasteiger partial charge on any atom is 0.279 e. The van der Waals surface area contributed by atoms with Crippen molar-refractivity contribution in [3.63, 3.8) is 0 Å². The van der Waals surface area contributed by atoms with Crippen LogP contribution in [0, 0.1) is 11.8 Å². The van der Waals surface area contributed by atoms with Gasteiger partial charge in [-0.25, -0.2) is 4.98 Å². The van der Waals surface area contributed by atoms with E-state index in [4.69, 9.17) is 4.98 Å². The molecule has 35 heavy (non-hydrogen) atoms. The van der Waals surface area contributed by atoms with Crippen molar-refractivity contribution in [1.82, 2.24) is 19.4 Å². The van der Waals surface area contributed by atoms with E-state index in [0.29, 0.717) is 23.5 Å². The lowest BCUT2D eigenvalue weighted by molar-refractivity contribution is 0.00791. The Hall–Kier alpha value is -2.73. The van der Waals surface area contributed by atoms with Crippen LogP contribution in [0.15, 0.2) is 52.1 Å². The highest BCUT2D eigenvalue weighted by atomic mass is 16.1. The Labute approximate surface area is 205 Å². The third kappa shape index (κ3) is 3.68. The van der Waals surface area contributed by atoms with E-state index in [1.807, 2.05) is 28.8 Å². The van der Waals surface area contributed by atoms with Crippen molar-refractivity contribution in [2.24, 2.45) is 11.8 Å². The highest BCUT2D eigenvalue weighted by Gasteiger charge is 2.47. The molecule has 4 heterocycles. The van der Waals surface area contributed by atoms with Crippen LogP contribution in [0.4, 0.5) is 0 Å². The number of hydrogen-bond acceptors (Lipinski definition) is 4. The topological polar surface area (TPSA) is 71.0 Å². The summed E-state index contributed by atoms with van der Waals surface area (Å²) in [4.78, 5) is 36.3. The predicted molar refractivity (Wildman–Crippen MR) is 137 cm³/mol. The van der Waals surface area contributed by atoms with Gasteiger partial charge in [0.25, 0.3) is 5.56 Å². The van der Waals surface area contributed by atoms with Gasteiger partial charge in [-0.1, -0.05) is 37.5 Å². The molecule has 0 radical (unpaired) electrons. The number of para-hydroxylation sites is 2. The molecule has 6 nitrogen and oxygen atoms in total. The van der Waals surface area contributed by atoms with Crippen molar-refractivity contribution < 1.29 is 0 Å². The van der Waals surface area contributed by atoms with Crippen LogP contribution in [-0.2, 0) is 0 Å². The van der Waals surface area contributed by atoms with Crippen LogP contribution in [0.25, 0.3) is 22.4 Å². The van der Waals surface area contributed by atoms with Gasteiger partial charge in [0.1, 0.15) is 0 Å². The summed E-state index contributed by atoms with van der Waals surface area (Å²) in [6.07, 6.45) is 13.1. The number of nitrogens with zero attached hydrogens (tertiary/aromatic N) is 3. The van der Waals surface area contributed by atoms with E-state index in [-0.39, 0.29) is 17.2 Å². The monoisotopic (exact) mass is 470 g/mol. The fraction of sp³-hybridized carbons (Fsp3) is 0.552. The van der Waals surface area contributed by atoms with Gasteiger partial charge >= 0.3 is 0 Å². The minimum Gasteiger partial charge on any atom is -0.320 e. The number of H-pyrrole nitrogens is 1. The van der Waals surface area contributed by atoms with Gasteiger partial charge in [-0.2, -0.15) is 0 Å². The zero-order chi connectivity index (χ0) is 23.5. The summed E-state index contributed by atoms with van der Waals surface area (Å²) in [5.41, 5.74) is 2.25. The standard InChI is InChI=1S/C29H34N4O2/c34-27-10-4-8-25(30-27)28-29(35)33(26-9-2-1-7-24(26)31-28)23-16-20-11-12-21(17-23)32(20)22-14-18-5-3-6-19(13-18)15-22/h1-2,4,7-10,18-23H,3,5-6,11-17H2,(H,30,34)/t18-,19+,20-,21+,22?,23-. The fourth-order valence-electron chi connectivity index (χ4n) is 8.21. The smallest absolute Gasteiger partial charge is 0.279 e. The van der Waals surface area contributed by atoms with Crippen LogP contribution in [0.3, 0.4) is 0 Å². The number of hydrogen-bond donors (Lipinski definition) is 1. The minimum atomic E-state index is -0.216. The van der Waals surface area contributed by atoms with E-state index < -0.39 is 0 Å². The Morgan fingerprint density at radius 3 is 2.23 bits per heavy atom. The fourth-order valence-corrected chi connectivity index (χ4v) is 8.21. The molecule has 2 saturated carbocycles. The third-order valence-corrected chi connectivity index (χ3v) is 9.47. The van der Waals surface area contributed by atoms with Gasteiger partial charge in [-0.3, -0.25) is 14.5 Å². The molecule has 1 aromatic carbocycles. The average Bonchev–Trinajstić information content (AvgIpc) is 3.13. The molecule has 2 aliphatic heterocycles. The van der Waals surface area contributed by atoms with E-state index in [0.717, 1.165) is 41.8 Å². The summed E-state index contributed by atoms with van der Waals surface area (Å²) in [5, 5.41) is 0. The maximum absolute atomic E-state index is 13.9. The Bertz CT molecular complexity index is 1350. The molecule has 4 fully saturated rings. The van der Waals surface area contributed by atoms with Crippen LogP contribution < -0.4 is 11.1 Å². The lowest BCUT2D eigenvalue weighted by Crippen LogP contribution is -2.52. The summed E-state index contributed by atoms with van der Waals surface area (Å²) >= 11 is 0. The third-order valence-electron chi connectivity index (χ3n) is 9.47. The first kappa shape index (κ1) is 21.5. The second-order valence-corrected chi connectivity index (χ2v) is 11.5. The number of pyridine rings is 1. The molecular formula is C29H34N4O2. The molecule has 2 aliphatic carbocycles. The van der Waals surface area contributed by atoms with Crippen molar-refractivity contribution in [3.8, 4) is 11.4 Å². The van der Waals surface area contributed by atoms with E-state index in [2.05, 4.69) is 9.88 Å². The first-order valence-electron chi connectivity index (χ1n) is 13.6. The lowest BCUT2D eigenvalue weighted by atomic mass is 9.69. The van der Waals surface area contributed by atoms with Gasteiger partial charge in [0.15, 0.2) is 5.69 Å². The molecule has 1 unspecified atom stereocenters. The number of piperidine rings is 1. The van der Waals surface area contributed by atoms with E-state index in [1.54, 1.807) is 12.1 Å². The average molecular weight is 471 g/mol. The van der Waals surface area contributed by atoms with Gasteiger partial charge in [0.2, 0.25) is 5.56 Å². The van der Waals surface area contributed by atoms with Crippen molar-refractivity contribution in [3.05, 3.63) is 63.2 Å². The molecule has 6 atom stereocenters. The lowest BCUT2D eigenvalue weighted by Gasteiger charge is -2.49. The molecule has 2 aromatic heterocycles. The van der Waals surface area contributed by atoms with E-state index >= 15 is 0 Å². The zero-order valence-electron chi connectivity index (χ0n) is 20.2. The number of nitrogens with one attached hydrogen (secondary N) is 1. The van der Waals surface area contributed by atoms with Gasteiger partial charge in [0, 0.05) is 30.2 Å². The van der Waals surface area contributed by atoms with Crippen LogP contribution in [-0.4, -0.2) is 37.6 Å². The molecule has 6 heteroatoms. The highest BCUT2D eigenvalue weighted by Crippen LogP contribution is 2.48. The first-order valence-corrected chi connectivity index (χ1v) is 13.6. The number of aromatic amines is 1. The second-order valence-electron chi connectivity index (χ2n) is 11.5. The van der Waals surface area contributed by atoms with Crippen LogP contribution in [0.5, 0.6) is 0 Å². The van der Waals surface area contributed by atoms with Gasteiger partial charge < -0.3 is 9.55 Å². The first-order chi connectivity index (χ1) is 17.1. The Kier molecular flexibility index (Phi) is 5.19.